The molecule has 1 fully saturated rings. The monoisotopic (exact) mass is 303 g/mol. The largest absolute Gasteiger partial charge is 0.348 e. The number of imidazole rings is 1. The molecule has 0 unspecified atom stereocenters. The molecular formula is C17H22ClN3. The zero-order valence-corrected chi connectivity index (χ0v) is 13.1. The fourth-order valence-corrected chi connectivity index (χ4v) is 3.29. The number of aromatic nitrogens is 2. The fraction of sp³-hybridized carbons (Fsp3) is 0.471. The zero-order valence-electron chi connectivity index (χ0n) is 12.3. The van der Waals surface area contributed by atoms with Gasteiger partial charge in [0.25, 0.3) is 0 Å². The van der Waals surface area contributed by atoms with Crippen LogP contribution in [0.3, 0.4) is 0 Å². The summed E-state index contributed by atoms with van der Waals surface area (Å²) in [6.45, 7) is 4.28. The lowest BCUT2D eigenvalue weighted by molar-refractivity contribution is 0.405. The number of halogens is 1. The van der Waals surface area contributed by atoms with Crippen molar-refractivity contribution in [1.82, 2.24) is 15.3 Å². The van der Waals surface area contributed by atoms with E-state index in [1.165, 1.54) is 24.1 Å². The van der Waals surface area contributed by atoms with Gasteiger partial charge in [-0.1, -0.05) is 37.1 Å². The number of nitrogens with one attached hydrogen (secondary N) is 2. The Balaban J connectivity index is 1.46. The molecule has 0 spiro atoms. The molecule has 2 aromatic rings. The Morgan fingerprint density at radius 2 is 2.19 bits per heavy atom. The normalized spacial score (nSPS) is 22.2. The fourth-order valence-electron chi connectivity index (χ4n) is 3.17. The van der Waals surface area contributed by atoms with E-state index in [4.69, 9.17) is 11.6 Å². The molecule has 4 heteroatoms. The first kappa shape index (κ1) is 14.6. The van der Waals surface area contributed by atoms with E-state index in [1.807, 2.05) is 18.3 Å². The molecule has 0 radical (unpaired) electrons. The maximum Gasteiger partial charge on any atom is 0.0921 e. The summed E-state index contributed by atoms with van der Waals surface area (Å²) >= 11 is 5.90. The van der Waals surface area contributed by atoms with Gasteiger partial charge in [-0.2, -0.15) is 0 Å². The lowest BCUT2D eigenvalue weighted by Gasteiger charge is -2.15. The van der Waals surface area contributed by atoms with Gasteiger partial charge in [0.1, 0.15) is 0 Å². The van der Waals surface area contributed by atoms with Crippen LogP contribution in [0.4, 0.5) is 0 Å². The molecule has 0 amide bonds. The Bertz CT molecular complexity index is 550. The molecule has 0 saturated heterocycles. The van der Waals surface area contributed by atoms with Crippen molar-refractivity contribution in [2.24, 2.45) is 11.8 Å². The lowest BCUT2D eigenvalue weighted by atomic mass is 9.98. The van der Waals surface area contributed by atoms with Crippen molar-refractivity contribution in [2.75, 3.05) is 6.54 Å². The Hall–Kier alpha value is -1.32. The van der Waals surface area contributed by atoms with Crippen LogP contribution in [0.15, 0.2) is 36.8 Å². The van der Waals surface area contributed by atoms with Crippen LogP contribution in [0.5, 0.6) is 0 Å². The first-order chi connectivity index (χ1) is 10.3. The summed E-state index contributed by atoms with van der Waals surface area (Å²) < 4.78 is 0. The van der Waals surface area contributed by atoms with Crippen LogP contribution < -0.4 is 5.32 Å². The minimum Gasteiger partial charge on any atom is -0.348 e. The third kappa shape index (κ3) is 3.66. The summed E-state index contributed by atoms with van der Waals surface area (Å²) in [4.78, 5) is 7.38. The maximum absolute atomic E-state index is 5.90. The van der Waals surface area contributed by atoms with Crippen LogP contribution in [0.25, 0.3) is 0 Å². The van der Waals surface area contributed by atoms with E-state index >= 15 is 0 Å². The van der Waals surface area contributed by atoms with Crippen molar-refractivity contribution >= 4 is 11.6 Å². The van der Waals surface area contributed by atoms with Gasteiger partial charge in [0.15, 0.2) is 0 Å². The van der Waals surface area contributed by atoms with Gasteiger partial charge in [-0.3, -0.25) is 0 Å². The van der Waals surface area contributed by atoms with Crippen molar-refractivity contribution in [3.8, 4) is 0 Å². The van der Waals surface area contributed by atoms with Crippen molar-refractivity contribution in [1.29, 1.82) is 0 Å². The predicted molar refractivity (Wildman–Crippen MR) is 86.4 cm³/mol. The molecule has 2 N–H and O–H groups in total. The van der Waals surface area contributed by atoms with Gasteiger partial charge in [0, 0.05) is 29.4 Å². The Kier molecular flexibility index (Phi) is 4.61. The number of benzene rings is 1. The van der Waals surface area contributed by atoms with Gasteiger partial charge in [0.2, 0.25) is 0 Å². The van der Waals surface area contributed by atoms with Crippen LogP contribution in [-0.4, -0.2) is 16.5 Å². The molecule has 0 bridgehead atoms. The number of rotatable bonds is 7. The van der Waals surface area contributed by atoms with Crippen LogP contribution in [-0.2, 0) is 6.54 Å². The first-order valence-electron chi connectivity index (χ1n) is 7.71. The van der Waals surface area contributed by atoms with Gasteiger partial charge >= 0.3 is 0 Å². The lowest BCUT2D eigenvalue weighted by Crippen LogP contribution is -2.23. The van der Waals surface area contributed by atoms with Gasteiger partial charge in [0.05, 0.1) is 6.33 Å². The standard InChI is InChI=1S/C17H22ClN3/c1-2-13(15-7-16(15)17-10-20-11-21-17)9-19-8-12-3-5-14(18)6-4-12/h3-6,10-11,13,15-16,19H,2,7-9H2,1H3,(H,20,21)/t13-,15-,16+/m0/s1. The number of hydrogen-bond acceptors (Lipinski definition) is 2. The second kappa shape index (κ2) is 6.63. The average Bonchev–Trinajstić information content (AvgIpc) is 3.09. The molecule has 3 nitrogen and oxygen atoms in total. The SMILES string of the molecule is CC[C@@H](CNCc1ccc(Cl)cc1)[C@@H]1C[C@H]1c1cnc[nH]1. The number of nitrogens with zero attached hydrogens (tertiary/aromatic N) is 1. The van der Waals surface area contributed by atoms with E-state index in [0.717, 1.165) is 29.9 Å². The number of hydrogen-bond donors (Lipinski definition) is 2. The summed E-state index contributed by atoms with van der Waals surface area (Å²) in [5.41, 5.74) is 2.59. The van der Waals surface area contributed by atoms with Gasteiger partial charge in [-0.15, -0.1) is 0 Å². The van der Waals surface area contributed by atoms with Crippen LogP contribution >= 0.6 is 11.6 Å². The molecule has 3 atom stereocenters. The van der Waals surface area contributed by atoms with Gasteiger partial charge in [-0.25, -0.2) is 4.98 Å². The summed E-state index contributed by atoms with van der Waals surface area (Å²) in [7, 11) is 0. The van der Waals surface area contributed by atoms with E-state index in [0.29, 0.717) is 5.92 Å². The molecule has 1 aliphatic carbocycles. The molecule has 1 aromatic heterocycles. The Morgan fingerprint density at radius 1 is 1.38 bits per heavy atom. The van der Waals surface area contributed by atoms with Gasteiger partial charge < -0.3 is 10.3 Å². The molecule has 112 valence electrons. The minimum atomic E-state index is 0.690. The summed E-state index contributed by atoms with van der Waals surface area (Å²) in [5.74, 6) is 2.23. The molecule has 3 rings (SSSR count). The first-order valence-corrected chi connectivity index (χ1v) is 8.09. The van der Waals surface area contributed by atoms with Crippen LogP contribution in [0.1, 0.15) is 36.9 Å². The molecule has 1 heterocycles. The molecule has 0 aliphatic heterocycles. The number of aromatic amines is 1. The number of H-pyrrole nitrogens is 1. The molecule has 21 heavy (non-hydrogen) atoms. The summed E-state index contributed by atoms with van der Waals surface area (Å²) in [6, 6.07) is 8.07. The Morgan fingerprint density at radius 3 is 2.86 bits per heavy atom. The highest BCUT2D eigenvalue weighted by atomic mass is 35.5. The summed E-state index contributed by atoms with van der Waals surface area (Å²) in [5, 5.41) is 4.39. The zero-order chi connectivity index (χ0) is 14.7. The highest BCUT2D eigenvalue weighted by Crippen LogP contribution is 2.51. The predicted octanol–water partition coefficient (Wildman–Crippen LogP) is 3.98. The van der Waals surface area contributed by atoms with E-state index in [2.05, 4.69) is 34.3 Å². The quantitative estimate of drug-likeness (QED) is 0.812. The Labute approximate surface area is 131 Å². The summed E-state index contributed by atoms with van der Waals surface area (Å²) in [6.07, 6.45) is 6.27. The second-order valence-electron chi connectivity index (χ2n) is 5.94. The van der Waals surface area contributed by atoms with Crippen molar-refractivity contribution in [3.63, 3.8) is 0 Å². The van der Waals surface area contributed by atoms with E-state index < -0.39 is 0 Å². The van der Waals surface area contributed by atoms with Crippen LogP contribution in [0.2, 0.25) is 5.02 Å². The highest BCUT2D eigenvalue weighted by Gasteiger charge is 2.43. The third-order valence-corrected chi connectivity index (χ3v) is 4.79. The van der Waals surface area contributed by atoms with E-state index in [-0.39, 0.29) is 0 Å². The molecule has 1 aromatic carbocycles. The third-order valence-electron chi connectivity index (χ3n) is 4.54. The molecule has 1 aliphatic rings. The minimum absolute atomic E-state index is 0.690. The van der Waals surface area contributed by atoms with Crippen molar-refractivity contribution in [2.45, 2.75) is 32.2 Å². The maximum atomic E-state index is 5.90. The topological polar surface area (TPSA) is 40.7 Å². The van der Waals surface area contributed by atoms with E-state index in [1.54, 1.807) is 6.33 Å². The van der Waals surface area contributed by atoms with E-state index in [9.17, 15) is 0 Å². The van der Waals surface area contributed by atoms with Crippen molar-refractivity contribution < 1.29 is 0 Å². The van der Waals surface area contributed by atoms with Crippen molar-refractivity contribution in [3.05, 3.63) is 53.1 Å². The highest BCUT2D eigenvalue weighted by molar-refractivity contribution is 6.30. The molecule has 1 saturated carbocycles. The molecular weight excluding hydrogens is 282 g/mol. The second-order valence-corrected chi connectivity index (χ2v) is 6.38. The van der Waals surface area contributed by atoms with Gasteiger partial charge in [-0.05, 0) is 42.5 Å². The smallest absolute Gasteiger partial charge is 0.0921 e. The average molecular weight is 304 g/mol. The van der Waals surface area contributed by atoms with Crippen LogP contribution in [0, 0.1) is 11.8 Å².